The van der Waals surface area contributed by atoms with Gasteiger partial charge in [-0.1, -0.05) is 65.7 Å². The van der Waals surface area contributed by atoms with E-state index in [1.165, 1.54) is 10.2 Å². The minimum absolute atomic E-state index is 0.00107. The van der Waals surface area contributed by atoms with Crippen LogP contribution in [0.5, 0.6) is 11.5 Å². The van der Waals surface area contributed by atoms with Crippen molar-refractivity contribution in [1.29, 1.82) is 0 Å². The number of nitrogens with zero attached hydrogens (tertiary/aromatic N) is 3. The first-order chi connectivity index (χ1) is 17.8. The minimum Gasteiger partial charge on any atom is -0.493 e. The first kappa shape index (κ1) is 26.4. The topological polar surface area (TPSA) is 65.7 Å². The van der Waals surface area contributed by atoms with Crippen molar-refractivity contribution in [3.63, 3.8) is 0 Å². The molecular weight excluding hydrogens is 530 g/mol. The van der Waals surface area contributed by atoms with Crippen LogP contribution in [0.15, 0.2) is 81.6 Å². The van der Waals surface area contributed by atoms with E-state index < -0.39 is 0 Å². The highest BCUT2D eigenvalue weighted by Crippen LogP contribution is 2.34. The number of rotatable bonds is 9. The van der Waals surface area contributed by atoms with Crippen LogP contribution in [-0.4, -0.2) is 23.0 Å². The van der Waals surface area contributed by atoms with Gasteiger partial charge in [0.05, 0.1) is 24.2 Å². The smallest absolute Gasteiger partial charge is 0.282 e. The second kappa shape index (κ2) is 11.6. The van der Waals surface area contributed by atoms with Crippen LogP contribution < -0.4 is 15.0 Å². The van der Waals surface area contributed by atoms with Crippen molar-refractivity contribution in [2.75, 3.05) is 7.11 Å². The number of fused-ring (bicyclic) bond motifs is 1. The third-order valence-corrected chi connectivity index (χ3v) is 6.37. The lowest BCUT2D eigenvalue weighted by molar-refractivity contribution is 0.282. The van der Waals surface area contributed by atoms with Crippen molar-refractivity contribution in [2.45, 2.75) is 39.7 Å². The van der Waals surface area contributed by atoms with Crippen molar-refractivity contribution in [2.24, 2.45) is 5.10 Å². The van der Waals surface area contributed by atoms with Gasteiger partial charge in [0.2, 0.25) is 0 Å². The molecule has 0 aliphatic heterocycles. The Hall–Kier alpha value is -3.71. The number of aromatic nitrogens is 2. The van der Waals surface area contributed by atoms with E-state index in [-0.39, 0.29) is 11.5 Å². The van der Waals surface area contributed by atoms with Crippen molar-refractivity contribution in [3.05, 3.63) is 110 Å². The molecular formula is C30H30BrN3O3. The zero-order valence-corrected chi connectivity index (χ0v) is 23.1. The van der Waals surface area contributed by atoms with E-state index in [9.17, 15) is 4.79 Å². The van der Waals surface area contributed by atoms with Gasteiger partial charge in [0.25, 0.3) is 5.56 Å². The van der Waals surface area contributed by atoms with Gasteiger partial charge in [-0.3, -0.25) is 4.79 Å². The molecule has 190 valence electrons. The van der Waals surface area contributed by atoms with Crippen molar-refractivity contribution >= 4 is 33.0 Å². The molecule has 0 amide bonds. The zero-order chi connectivity index (χ0) is 26.5. The van der Waals surface area contributed by atoms with Crippen LogP contribution in [0.1, 0.15) is 47.8 Å². The predicted molar refractivity (Wildman–Crippen MR) is 153 cm³/mol. The van der Waals surface area contributed by atoms with Crippen LogP contribution in [-0.2, 0) is 13.0 Å². The average molecular weight is 560 g/mol. The summed E-state index contributed by atoms with van der Waals surface area (Å²) in [5, 5.41) is 5.07. The molecule has 0 fully saturated rings. The summed E-state index contributed by atoms with van der Waals surface area (Å²) in [4.78, 5) is 18.1. The molecule has 6 nitrogen and oxygen atoms in total. The summed E-state index contributed by atoms with van der Waals surface area (Å²) in [5.74, 6) is 1.84. The maximum absolute atomic E-state index is 13.3. The molecule has 4 rings (SSSR count). The van der Waals surface area contributed by atoms with Crippen molar-refractivity contribution < 1.29 is 9.47 Å². The Morgan fingerprint density at radius 3 is 2.68 bits per heavy atom. The molecule has 0 bridgehead atoms. The third kappa shape index (κ3) is 6.00. The Morgan fingerprint density at radius 2 is 1.97 bits per heavy atom. The fraction of sp³-hybridized carbons (Fsp3) is 0.233. The van der Waals surface area contributed by atoms with Crippen LogP contribution in [0.2, 0.25) is 0 Å². The zero-order valence-electron chi connectivity index (χ0n) is 21.5. The number of benzene rings is 3. The van der Waals surface area contributed by atoms with Gasteiger partial charge >= 0.3 is 0 Å². The summed E-state index contributed by atoms with van der Waals surface area (Å²) in [6.07, 6.45) is 4.06. The average Bonchev–Trinajstić information content (AvgIpc) is 2.87. The highest BCUT2D eigenvalue weighted by molar-refractivity contribution is 9.10. The van der Waals surface area contributed by atoms with Gasteiger partial charge in [0, 0.05) is 16.0 Å². The molecule has 0 saturated carbocycles. The number of methoxy groups -OCH3 is 1. The van der Waals surface area contributed by atoms with Gasteiger partial charge in [-0.2, -0.15) is 9.78 Å². The molecule has 0 radical (unpaired) electrons. The lowest BCUT2D eigenvalue weighted by Crippen LogP contribution is -2.23. The fourth-order valence-corrected chi connectivity index (χ4v) is 4.47. The van der Waals surface area contributed by atoms with E-state index >= 15 is 0 Å². The summed E-state index contributed by atoms with van der Waals surface area (Å²) >= 11 is 3.44. The molecule has 0 aliphatic rings. The molecule has 7 heteroatoms. The van der Waals surface area contributed by atoms with Crippen LogP contribution in [0.4, 0.5) is 0 Å². The maximum Gasteiger partial charge on any atom is 0.282 e. The summed E-state index contributed by atoms with van der Waals surface area (Å²) in [6, 6.07) is 17.5. The Bertz CT molecular complexity index is 1540. The molecule has 4 aromatic rings. The molecule has 1 aromatic heterocycles. The van der Waals surface area contributed by atoms with Gasteiger partial charge < -0.3 is 9.47 Å². The van der Waals surface area contributed by atoms with Crippen LogP contribution in [0.25, 0.3) is 10.9 Å². The van der Waals surface area contributed by atoms with Gasteiger partial charge in [-0.05, 0) is 54.8 Å². The summed E-state index contributed by atoms with van der Waals surface area (Å²) < 4.78 is 14.1. The summed E-state index contributed by atoms with van der Waals surface area (Å²) in [7, 11) is 1.61. The second-order valence-corrected chi connectivity index (χ2v) is 10.0. The van der Waals surface area contributed by atoms with E-state index in [4.69, 9.17) is 14.5 Å². The molecule has 0 saturated heterocycles. The number of aryl methyl sites for hydroxylation is 1. The Kier molecular flexibility index (Phi) is 8.24. The number of hydrogen-bond donors (Lipinski definition) is 0. The van der Waals surface area contributed by atoms with Gasteiger partial charge in [0.1, 0.15) is 12.4 Å². The fourth-order valence-electron chi connectivity index (χ4n) is 4.11. The lowest BCUT2D eigenvalue weighted by atomic mass is 10.1. The Morgan fingerprint density at radius 1 is 1.16 bits per heavy atom. The highest BCUT2D eigenvalue weighted by Gasteiger charge is 2.15. The molecule has 0 N–H and O–H groups in total. The summed E-state index contributed by atoms with van der Waals surface area (Å²) in [5.41, 5.74) is 4.37. The molecule has 0 spiro atoms. The van der Waals surface area contributed by atoms with E-state index in [1.807, 2.05) is 56.3 Å². The van der Waals surface area contributed by atoms with Crippen LogP contribution >= 0.6 is 15.9 Å². The van der Waals surface area contributed by atoms with E-state index in [0.29, 0.717) is 41.3 Å². The van der Waals surface area contributed by atoms with Gasteiger partial charge in [0.15, 0.2) is 11.5 Å². The van der Waals surface area contributed by atoms with Crippen molar-refractivity contribution in [1.82, 2.24) is 9.66 Å². The normalized spacial score (nSPS) is 11.4. The Labute approximate surface area is 225 Å². The number of hydrogen-bond acceptors (Lipinski definition) is 5. The first-order valence-electron chi connectivity index (χ1n) is 12.1. The van der Waals surface area contributed by atoms with E-state index in [2.05, 4.69) is 46.7 Å². The molecule has 37 heavy (non-hydrogen) atoms. The Balaban J connectivity index is 1.74. The first-order valence-corrected chi connectivity index (χ1v) is 12.9. The minimum atomic E-state index is -0.220. The van der Waals surface area contributed by atoms with Gasteiger partial charge in [-0.15, -0.1) is 6.58 Å². The number of allylic oxidation sites excluding steroid dienone is 1. The second-order valence-electron chi connectivity index (χ2n) is 9.13. The number of halogens is 1. The molecule has 1 heterocycles. The monoisotopic (exact) mass is 559 g/mol. The van der Waals surface area contributed by atoms with E-state index in [0.717, 1.165) is 21.2 Å². The molecule has 3 aromatic carbocycles. The SMILES string of the molecule is C=CCc1cc(C=Nn2c(C(C)C)nc3ccc(Br)cc3c2=O)cc(OC)c1OCc1cccc(C)c1. The van der Waals surface area contributed by atoms with Crippen LogP contribution in [0.3, 0.4) is 0 Å². The maximum atomic E-state index is 13.3. The highest BCUT2D eigenvalue weighted by atomic mass is 79.9. The predicted octanol–water partition coefficient (Wildman–Crippen LogP) is 6.79. The third-order valence-electron chi connectivity index (χ3n) is 5.88. The molecule has 0 atom stereocenters. The number of ether oxygens (including phenoxy) is 2. The lowest BCUT2D eigenvalue weighted by Gasteiger charge is -2.16. The van der Waals surface area contributed by atoms with Crippen LogP contribution in [0, 0.1) is 6.92 Å². The summed E-state index contributed by atoms with van der Waals surface area (Å²) in [6.45, 7) is 10.4. The van der Waals surface area contributed by atoms with Gasteiger partial charge in [-0.25, -0.2) is 4.98 Å². The van der Waals surface area contributed by atoms with Crippen molar-refractivity contribution in [3.8, 4) is 11.5 Å². The largest absolute Gasteiger partial charge is 0.493 e. The molecule has 0 aliphatic carbocycles. The molecule has 0 unspecified atom stereocenters. The standard InChI is InChI=1S/C30H30BrN3O3/c1-6-8-23-14-22(15-27(36-5)28(23)37-18-21-10-7-9-20(4)13-21)17-32-34-29(19(2)3)33-26-12-11-24(31)16-25(26)30(34)35/h6-7,9-17,19H,1,8,18H2,2-5H3. The van der Waals surface area contributed by atoms with E-state index in [1.54, 1.807) is 19.4 Å². The quantitative estimate of drug-likeness (QED) is 0.167.